The monoisotopic (exact) mass is 405 g/mol. The Morgan fingerprint density at radius 1 is 1.21 bits per heavy atom. The van der Waals surface area contributed by atoms with Crippen LogP contribution in [0.5, 0.6) is 0 Å². The van der Waals surface area contributed by atoms with Crippen molar-refractivity contribution in [2.24, 2.45) is 0 Å². The number of hydrogen-bond acceptors (Lipinski definition) is 4. The van der Waals surface area contributed by atoms with E-state index >= 15 is 0 Å². The number of nitrogens with one attached hydrogen (secondary N) is 2. The fraction of sp³-hybridized carbons (Fsp3) is 0.381. The smallest absolute Gasteiger partial charge is 0.319 e. The number of aliphatic hydroxyl groups excluding tert-OH is 1. The molecule has 0 aliphatic carbocycles. The third-order valence-corrected chi connectivity index (χ3v) is 4.66. The molecule has 1 heterocycles. The van der Waals surface area contributed by atoms with Gasteiger partial charge in [-0.05, 0) is 49.7 Å². The van der Waals surface area contributed by atoms with Crippen molar-refractivity contribution in [2.75, 3.05) is 29.9 Å². The van der Waals surface area contributed by atoms with Crippen molar-refractivity contribution in [3.05, 3.63) is 59.7 Å². The number of carbonyl (C=O) groups excluding carboxylic acids is 1. The van der Waals surface area contributed by atoms with E-state index in [9.17, 15) is 18.7 Å². The summed E-state index contributed by atoms with van der Waals surface area (Å²) in [6, 6.07) is 9.41. The number of hydrogen-bond donors (Lipinski definition) is 3. The summed E-state index contributed by atoms with van der Waals surface area (Å²) in [5.41, 5.74) is 1.10. The van der Waals surface area contributed by atoms with E-state index in [1.165, 1.54) is 24.3 Å². The first-order valence-corrected chi connectivity index (χ1v) is 9.50. The van der Waals surface area contributed by atoms with Crippen molar-refractivity contribution >= 4 is 17.4 Å². The Bertz CT molecular complexity index is 855. The Balaban J connectivity index is 1.56. The molecule has 1 saturated heterocycles. The van der Waals surface area contributed by atoms with Crippen LogP contribution in [0, 0.1) is 11.6 Å². The van der Waals surface area contributed by atoms with Crippen LogP contribution in [0.3, 0.4) is 0 Å². The molecule has 1 aliphatic heterocycles. The van der Waals surface area contributed by atoms with E-state index in [0.29, 0.717) is 30.0 Å². The number of halogens is 2. The quantitative estimate of drug-likeness (QED) is 0.713. The van der Waals surface area contributed by atoms with Gasteiger partial charge in [0, 0.05) is 25.3 Å². The summed E-state index contributed by atoms with van der Waals surface area (Å²) >= 11 is 0. The number of urea groups is 1. The SMILES string of the molecule is CC1CN(c2ccc(NC(=O)NCC(O)c3cccc(F)c3)cc2F)CC(C)O1. The number of carbonyl (C=O) groups is 1. The second kappa shape index (κ2) is 9.19. The molecule has 29 heavy (non-hydrogen) atoms. The van der Waals surface area contributed by atoms with Gasteiger partial charge in [-0.3, -0.25) is 0 Å². The molecule has 3 unspecified atom stereocenters. The zero-order chi connectivity index (χ0) is 21.0. The molecule has 3 rings (SSSR count). The van der Waals surface area contributed by atoms with Gasteiger partial charge in [0.15, 0.2) is 0 Å². The number of morpholine rings is 1. The molecule has 1 fully saturated rings. The molecule has 3 N–H and O–H groups in total. The number of nitrogens with zero attached hydrogens (tertiary/aromatic N) is 1. The predicted octanol–water partition coefficient (Wildman–Crippen LogP) is 3.43. The van der Waals surface area contributed by atoms with Gasteiger partial charge in [0.25, 0.3) is 0 Å². The van der Waals surface area contributed by atoms with Gasteiger partial charge >= 0.3 is 6.03 Å². The number of rotatable bonds is 5. The number of benzene rings is 2. The zero-order valence-corrected chi connectivity index (χ0v) is 16.4. The molecule has 0 spiro atoms. The van der Waals surface area contributed by atoms with Crippen LogP contribution in [-0.2, 0) is 4.74 Å². The first kappa shape index (κ1) is 21.0. The minimum atomic E-state index is -1.05. The lowest BCUT2D eigenvalue weighted by Crippen LogP contribution is -2.45. The first-order valence-electron chi connectivity index (χ1n) is 9.50. The number of anilines is 2. The van der Waals surface area contributed by atoms with Gasteiger partial charge < -0.3 is 25.4 Å². The Hall–Kier alpha value is -2.71. The topological polar surface area (TPSA) is 73.8 Å². The van der Waals surface area contributed by atoms with Gasteiger partial charge in [-0.2, -0.15) is 0 Å². The zero-order valence-electron chi connectivity index (χ0n) is 16.4. The van der Waals surface area contributed by atoms with E-state index < -0.39 is 23.8 Å². The van der Waals surface area contributed by atoms with Gasteiger partial charge in [-0.25, -0.2) is 13.6 Å². The van der Waals surface area contributed by atoms with E-state index in [4.69, 9.17) is 4.74 Å². The van der Waals surface area contributed by atoms with Gasteiger partial charge in [0.2, 0.25) is 0 Å². The Morgan fingerprint density at radius 3 is 2.59 bits per heavy atom. The highest BCUT2D eigenvalue weighted by atomic mass is 19.1. The van der Waals surface area contributed by atoms with E-state index in [2.05, 4.69) is 10.6 Å². The molecular formula is C21H25F2N3O3. The normalized spacial score (nSPS) is 20.2. The van der Waals surface area contributed by atoms with Gasteiger partial charge in [0.1, 0.15) is 11.6 Å². The largest absolute Gasteiger partial charge is 0.387 e. The molecule has 2 aromatic rings. The summed E-state index contributed by atoms with van der Waals surface area (Å²) in [5, 5.41) is 15.1. The Morgan fingerprint density at radius 2 is 1.93 bits per heavy atom. The number of amides is 2. The average molecular weight is 405 g/mol. The molecule has 3 atom stereocenters. The van der Waals surface area contributed by atoms with Gasteiger partial charge in [-0.1, -0.05) is 12.1 Å². The van der Waals surface area contributed by atoms with Gasteiger partial charge in [0.05, 0.1) is 24.0 Å². The van der Waals surface area contributed by atoms with E-state index in [1.54, 1.807) is 18.2 Å². The molecule has 0 saturated carbocycles. The average Bonchev–Trinajstić information content (AvgIpc) is 2.65. The maximum Gasteiger partial charge on any atom is 0.319 e. The highest BCUT2D eigenvalue weighted by Crippen LogP contribution is 2.26. The molecule has 0 aromatic heterocycles. The molecule has 2 aromatic carbocycles. The fourth-order valence-electron chi connectivity index (χ4n) is 3.41. The van der Waals surface area contributed by atoms with Crippen LogP contribution in [-0.4, -0.2) is 43.0 Å². The molecule has 6 nitrogen and oxygen atoms in total. The summed E-state index contributed by atoms with van der Waals surface area (Å²) in [4.78, 5) is 14.0. The lowest BCUT2D eigenvalue weighted by Gasteiger charge is -2.37. The molecule has 156 valence electrons. The van der Waals surface area contributed by atoms with E-state index in [0.717, 1.165) is 0 Å². The predicted molar refractivity (Wildman–Crippen MR) is 107 cm³/mol. The summed E-state index contributed by atoms with van der Waals surface area (Å²) in [6.07, 6.45) is -1.04. The fourth-order valence-corrected chi connectivity index (χ4v) is 3.41. The highest BCUT2D eigenvalue weighted by molar-refractivity contribution is 5.89. The van der Waals surface area contributed by atoms with Crippen LogP contribution in [0.2, 0.25) is 0 Å². The lowest BCUT2D eigenvalue weighted by molar-refractivity contribution is -0.00539. The summed E-state index contributed by atoms with van der Waals surface area (Å²) in [7, 11) is 0. The second-order valence-corrected chi connectivity index (χ2v) is 7.23. The lowest BCUT2D eigenvalue weighted by atomic mass is 10.1. The second-order valence-electron chi connectivity index (χ2n) is 7.23. The van der Waals surface area contributed by atoms with Crippen LogP contribution < -0.4 is 15.5 Å². The maximum absolute atomic E-state index is 14.6. The Labute approximate surface area is 168 Å². The molecule has 0 bridgehead atoms. The van der Waals surface area contributed by atoms with Crippen molar-refractivity contribution < 1.29 is 23.4 Å². The summed E-state index contributed by atoms with van der Waals surface area (Å²) in [6.45, 7) is 4.95. The number of ether oxygens (including phenoxy) is 1. The summed E-state index contributed by atoms with van der Waals surface area (Å²) < 4.78 is 33.5. The van der Waals surface area contributed by atoms with Crippen molar-refractivity contribution in [2.45, 2.75) is 32.2 Å². The molecule has 8 heteroatoms. The molecule has 1 aliphatic rings. The third kappa shape index (κ3) is 5.65. The van der Waals surface area contributed by atoms with Crippen LogP contribution in [0.15, 0.2) is 42.5 Å². The molecule has 0 radical (unpaired) electrons. The summed E-state index contributed by atoms with van der Waals surface area (Å²) in [5.74, 6) is -0.908. The van der Waals surface area contributed by atoms with Crippen molar-refractivity contribution in [1.82, 2.24) is 5.32 Å². The van der Waals surface area contributed by atoms with E-state index in [-0.39, 0.29) is 18.8 Å². The number of aliphatic hydroxyl groups is 1. The minimum absolute atomic E-state index is 0.00578. The minimum Gasteiger partial charge on any atom is -0.387 e. The van der Waals surface area contributed by atoms with Crippen molar-refractivity contribution in [3.63, 3.8) is 0 Å². The third-order valence-electron chi connectivity index (χ3n) is 4.66. The Kier molecular flexibility index (Phi) is 6.66. The van der Waals surface area contributed by atoms with E-state index in [1.807, 2.05) is 18.7 Å². The first-order chi connectivity index (χ1) is 13.8. The van der Waals surface area contributed by atoms with Crippen LogP contribution >= 0.6 is 0 Å². The standard InChI is InChI=1S/C21H25F2N3O3/c1-13-11-26(12-14(2)29-13)19-7-6-17(9-18(19)23)25-21(28)24-10-20(27)15-4-3-5-16(22)8-15/h3-9,13-14,20,27H,10-12H2,1-2H3,(H2,24,25,28). The maximum atomic E-state index is 14.6. The highest BCUT2D eigenvalue weighted by Gasteiger charge is 2.24. The molecular weight excluding hydrogens is 380 g/mol. The van der Waals surface area contributed by atoms with Crippen LogP contribution in [0.4, 0.5) is 25.0 Å². The molecule has 2 amide bonds. The van der Waals surface area contributed by atoms with Crippen LogP contribution in [0.25, 0.3) is 0 Å². The van der Waals surface area contributed by atoms with Crippen LogP contribution in [0.1, 0.15) is 25.5 Å². The van der Waals surface area contributed by atoms with Crippen molar-refractivity contribution in [1.29, 1.82) is 0 Å². The van der Waals surface area contributed by atoms with Gasteiger partial charge in [-0.15, -0.1) is 0 Å². The van der Waals surface area contributed by atoms with Crippen molar-refractivity contribution in [3.8, 4) is 0 Å².